The van der Waals surface area contributed by atoms with Gasteiger partial charge in [0.2, 0.25) is 0 Å². The summed E-state index contributed by atoms with van der Waals surface area (Å²) >= 11 is 0. The second-order valence-corrected chi connectivity index (χ2v) is 6.63. The smallest absolute Gasteiger partial charge is 0.255 e. The number of nitrogens with zero attached hydrogens (tertiary/aromatic N) is 5. The molecular formula is C21H19FN6O. The van der Waals surface area contributed by atoms with Crippen LogP contribution in [0.15, 0.2) is 67.4 Å². The van der Waals surface area contributed by atoms with Crippen molar-refractivity contribution in [3.05, 3.63) is 90.0 Å². The van der Waals surface area contributed by atoms with E-state index in [4.69, 9.17) is 0 Å². The number of carbonyl (C=O) groups excluding carboxylic acids is 1. The van der Waals surface area contributed by atoms with Gasteiger partial charge in [-0.1, -0.05) is 24.3 Å². The van der Waals surface area contributed by atoms with Crippen LogP contribution in [0.4, 0.5) is 4.39 Å². The molecule has 0 saturated heterocycles. The minimum absolute atomic E-state index is 0.219. The first-order valence-corrected chi connectivity index (χ1v) is 9.10. The number of aromatic nitrogens is 5. The minimum Gasteiger partial charge on any atom is -0.345 e. The third-order valence-electron chi connectivity index (χ3n) is 4.76. The quantitative estimate of drug-likeness (QED) is 0.567. The Balaban J connectivity index is 1.50. The standard InChI is InChI=1S/C21H19FN6O/c1-14(16-7-9-17(10-8-16)27-13-23-12-25-27)26-21(29)18-11-24-28(15(18)2)20-6-4-3-5-19(20)22/h3-14H,1-2H3,(H,26,29). The highest BCUT2D eigenvalue weighted by Crippen LogP contribution is 2.19. The van der Waals surface area contributed by atoms with E-state index in [9.17, 15) is 9.18 Å². The Kier molecular flexibility index (Phi) is 4.90. The molecule has 0 fully saturated rings. The first kappa shape index (κ1) is 18.5. The van der Waals surface area contributed by atoms with Gasteiger partial charge in [0.1, 0.15) is 24.2 Å². The van der Waals surface area contributed by atoms with Gasteiger partial charge in [-0.3, -0.25) is 4.79 Å². The van der Waals surface area contributed by atoms with Crippen LogP contribution in [0, 0.1) is 12.7 Å². The molecule has 29 heavy (non-hydrogen) atoms. The molecule has 0 aliphatic rings. The highest BCUT2D eigenvalue weighted by Gasteiger charge is 2.18. The summed E-state index contributed by atoms with van der Waals surface area (Å²) in [6.45, 7) is 3.64. The van der Waals surface area contributed by atoms with E-state index in [1.165, 1.54) is 23.3 Å². The van der Waals surface area contributed by atoms with E-state index in [-0.39, 0.29) is 11.9 Å². The zero-order valence-electron chi connectivity index (χ0n) is 16.0. The summed E-state index contributed by atoms with van der Waals surface area (Å²) in [7, 11) is 0. The van der Waals surface area contributed by atoms with Crippen molar-refractivity contribution in [1.82, 2.24) is 29.9 Å². The van der Waals surface area contributed by atoms with Crippen LogP contribution < -0.4 is 5.32 Å². The van der Waals surface area contributed by atoms with Crippen LogP contribution in [0.3, 0.4) is 0 Å². The average Bonchev–Trinajstić information content (AvgIpc) is 3.39. The van der Waals surface area contributed by atoms with Gasteiger partial charge < -0.3 is 5.32 Å². The molecule has 0 aliphatic heterocycles. The molecule has 0 radical (unpaired) electrons. The molecule has 1 atom stereocenters. The van der Waals surface area contributed by atoms with E-state index in [2.05, 4.69) is 20.5 Å². The number of hydrogen-bond donors (Lipinski definition) is 1. The zero-order chi connectivity index (χ0) is 20.4. The predicted molar refractivity (Wildman–Crippen MR) is 105 cm³/mol. The second-order valence-electron chi connectivity index (χ2n) is 6.63. The molecular weight excluding hydrogens is 371 g/mol. The van der Waals surface area contributed by atoms with Crippen molar-refractivity contribution in [2.24, 2.45) is 0 Å². The van der Waals surface area contributed by atoms with E-state index in [1.54, 1.807) is 36.1 Å². The molecule has 8 heteroatoms. The van der Waals surface area contributed by atoms with Gasteiger partial charge in [-0.15, -0.1) is 0 Å². The van der Waals surface area contributed by atoms with Crippen molar-refractivity contribution in [3.8, 4) is 11.4 Å². The largest absolute Gasteiger partial charge is 0.345 e. The lowest BCUT2D eigenvalue weighted by Crippen LogP contribution is -2.27. The van der Waals surface area contributed by atoms with Crippen LogP contribution >= 0.6 is 0 Å². The first-order chi connectivity index (χ1) is 14.0. The normalized spacial score (nSPS) is 12.0. The molecule has 0 spiro atoms. The fraction of sp³-hybridized carbons (Fsp3) is 0.143. The third kappa shape index (κ3) is 3.64. The van der Waals surface area contributed by atoms with Crippen LogP contribution in [0.2, 0.25) is 0 Å². The number of amides is 1. The SMILES string of the molecule is Cc1c(C(=O)NC(C)c2ccc(-n3cncn3)cc2)cnn1-c1ccccc1F. The summed E-state index contributed by atoms with van der Waals surface area (Å²) in [5.74, 6) is -0.663. The van der Waals surface area contributed by atoms with Gasteiger partial charge in [-0.25, -0.2) is 18.7 Å². The zero-order valence-corrected chi connectivity index (χ0v) is 16.0. The molecule has 2 aromatic heterocycles. The summed E-state index contributed by atoms with van der Waals surface area (Å²) in [6.07, 6.45) is 4.55. The Bertz CT molecular complexity index is 1130. The molecule has 4 aromatic rings. The van der Waals surface area contributed by atoms with Gasteiger partial charge in [-0.05, 0) is 43.7 Å². The molecule has 7 nitrogen and oxygen atoms in total. The molecule has 0 bridgehead atoms. The summed E-state index contributed by atoms with van der Waals surface area (Å²) < 4.78 is 17.2. The molecule has 4 rings (SSSR count). The van der Waals surface area contributed by atoms with E-state index in [0.29, 0.717) is 16.9 Å². The van der Waals surface area contributed by atoms with Crippen molar-refractivity contribution in [2.45, 2.75) is 19.9 Å². The molecule has 1 amide bonds. The highest BCUT2D eigenvalue weighted by molar-refractivity contribution is 5.95. The van der Waals surface area contributed by atoms with E-state index in [0.717, 1.165) is 11.3 Å². The van der Waals surface area contributed by atoms with Crippen LogP contribution in [-0.2, 0) is 0 Å². The Morgan fingerprint density at radius 1 is 1.10 bits per heavy atom. The molecule has 146 valence electrons. The average molecular weight is 390 g/mol. The Morgan fingerprint density at radius 2 is 1.86 bits per heavy atom. The van der Waals surface area contributed by atoms with Crippen LogP contribution in [-0.4, -0.2) is 30.5 Å². The van der Waals surface area contributed by atoms with Crippen molar-refractivity contribution in [2.75, 3.05) is 0 Å². The fourth-order valence-electron chi connectivity index (χ4n) is 3.11. The third-order valence-corrected chi connectivity index (χ3v) is 4.76. The maximum Gasteiger partial charge on any atom is 0.255 e. The van der Waals surface area contributed by atoms with Crippen molar-refractivity contribution < 1.29 is 9.18 Å². The van der Waals surface area contributed by atoms with Gasteiger partial charge >= 0.3 is 0 Å². The molecule has 2 aromatic carbocycles. The monoisotopic (exact) mass is 390 g/mol. The van der Waals surface area contributed by atoms with Crippen molar-refractivity contribution in [3.63, 3.8) is 0 Å². The second kappa shape index (κ2) is 7.67. The van der Waals surface area contributed by atoms with Gasteiger partial charge in [0, 0.05) is 0 Å². The van der Waals surface area contributed by atoms with Crippen LogP contribution in [0.1, 0.15) is 34.6 Å². The van der Waals surface area contributed by atoms with Crippen LogP contribution in [0.25, 0.3) is 11.4 Å². The lowest BCUT2D eigenvalue weighted by atomic mass is 10.1. The number of benzene rings is 2. The van der Waals surface area contributed by atoms with Crippen molar-refractivity contribution >= 4 is 5.91 Å². The minimum atomic E-state index is -0.397. The van der Waals surface area contributed by atoms with Crippen LogP contribution in [0.5, 0.6) is 0 Å². The number of para-hydroxylation sites is 1. The summed E-state index contributed by atoms with van der Waals surface area (Å²) in [5.41, 5.74) is 3.11. The number of rotatable bonds is 5. The molecule has 0 aliphatic carbocycles. The van der Waals surface area contributed by atoms with Crippen molar-refractivity contribution in [1.29, 1.82) is 0 Å². The van der Waals surface area contributed by atoms with Gasteiger partial charge in [0.05, 0.1) is 29.2 Å². The molecule has 2 heterocycles. The summed E-state index contributed by atoms with van der Waals surface area (Å²) in [4.78, 5) is 16.7. The lowest BCUT2D eigenvalue weighted by molar-refractivity contribution is 0.0939. The number of hydrogen-bond acceptors (Lipinski definition) is 4. The molecule has 0 saturated carbocycles. The van der Waals surface area contributed by atoms with E-state index < -0.39 is 5.82 Å². The van der Waals surface area contributed by atoms with Gasteiger partial charge in [-0.2, -0.15) is 10.2 Å². The number of halogens is 1. The maximum atomic E-state index is 14.1. The molecule has 1 unspecified atom stereocenters. The lowest BCUT2D eigenvalue weighted by Gasteiger charge is -2.15. The highest BCUT2D eigenvalue weighted by atomic mass is 19.1. The fourth-order valence-corrected chi connectivity index (χ4v) is 3.11. The Morgan fingerprint density at radius 3 is 2.55 bits per heavy atom. The Labute approximate surface area is 166 Å². The first-order valence-electron chi connectivity index (χ1n) is 9.10. The molecule has 1 N–H and O–H groups in total. The summed E-state index contributed by atoms with van der Waals surface area (Å²) in [6, 6.07) is 13.8. The van der Waals surface area contributed by atoms with Gasteiger partial charge in [0.15, 0.2) is 0 Å². The maximum absolute atomic E-state index is 14.1. The number of carbonyl (C=O) groups is 1. The topological polar surface area (TPSA) is 77.6 Å². The van der Waals surface area contributed by atoms with Gasteiger partial charge in [0.25, 0.3) is 5.91 Å². The number of nitrogens with one attached hydrogen (secondary N) is 1. The summed E-state index contributed by atoms with van der Waals surface area (Å²) in [5, 5.41) is 11.2. The van der Waals surface area contributed by atoms with E-state index in [1.807, 2.05) is 31.2 Å². The Hall–Kier alpha value is -3.81. The van der Waals surface area contributed by atoms with E-state index >= 15 is 0 Å². The predicted octanol–water partition coefficient (Wildman–Crippen LogP) is 3.39.